The molecule has 1 aromatic rings. The van der Waals surface area contributed by atoms with Crippen molar-refractivity contribution < 1.29 is 19.1 Å². The van der Waals surface area contributed by atoms with Gasteiger partial charge < -0.3 is 20.3 Å². The molecule has 1 saturated carbocycles. The largest absolute Gasteiger partial charge is 0.467 e. The van der Waals surface area contributed by atoms with Crippen LogP contribution in [0.5, 0.6) is 5.75 Å². The zero-order valence-corrected chi connectivity index (χ0v) is 17.8. The van der Waals surface area contributed by atoms with E-state index in [2.05, 4.69) is 17.6 Å². The lowest BCUT2D eigenvalue weighted by molar-refractivity contribution is -0.139. The molecule has 2 aliphatic heterocycles. The second-order valence-electron chi connectivity index (χ2n) is 9.03. The molecule has 30 heavy (non-hydrogen) atoms. The van der Waals surface area contributed by atoms with E-state index in [1.54, 1.807) is 30.0 Å². The summed E-state index contributed by atoms with van der Waals surface area (Å²) in [5.41, 5.74) is -0.406. The van der Waals surface area contributed by atoms with Gasteiger partial charge in [0, 0.05) is 31.8 Å². The average Bonchev–Trinajstić information content (AvgIpc) is 2.88. The van der Waals surface area contributed by atoms with Crippen molar-refractivity contribution in [2.75, 3.05) is 6.54 Å². The number of para-hydroxylation sites is 1. The van der Waals surface area contributed by atoms with Gasteiger partial charge in [0.15, 0.2) is 5.72 Å². The van der Waals surface area contributed by atoms with Gasteiger partial charge in [0.25, 0.3) is 5.91 Å². The summed E-state index contributed by atoms with van der Waals surface area (Å²) in [6.07, 6.45) is 5.30. The number of nitrogens with one attached hydrogen (secondary N) is 2. The number of amides is 3. The first-order chi connectivity index (χ1) is 14.4. The summed E-state index contributed by atoms with van der Waals surface area (Å²) < 4.78 is 6.17. The predicted octanol–water partition coefficient (Wildman–Crippen LogP) is 2.60. The fraction of sp³-hybridized carbons (Fsp3) is 0.609. The van der Waals surface area contributed by atoms with E-state index in [9.17, 15) is 14.4 Å². The maximum absolute atomic E-state index is 12.8. The molecule has 162 valence electrons. The van der Waals surface area contributed by atoms with Crippen molar-refractivity contribution in [2.24, 2.45) is 5.92 Å². The number of carbonyl (C=O) groups is 3. The highest BCUT2D eigenvalue weighted by atomic mass is 16.5. The fourth-order valence-electron chi connectivity index (χ4n) is 4.76. The first-order valence-corrected chi connectivity index (χ1v) is 11.1. The summed E-state index contributed by atoms with van der Waals surface area (Å²) in [5, 5.41) is 6.10. The van der Waals surface area contributed by atoms with E-state index >= 15 is 0 Å². The Balaban J connectivity index is 1.41. The number of carbonyl (C=O) groups excluding carboxylic acids is 3. The minimum atomic E-state index is -0.911. The molecule has 0 unspecified atom stereocenters. The van der Waals surface area contributed by atoms with Gasteiger partial charge in [-0.05, 0) is 50.7 Å². The SMILES string of the molecule is CC1CCC(NC(=O)[C@@H](C)N2CC[C@]3(CCC2=O)NC(=O)c2ccccc2O3)CC1. The lowest BCUT2D eigenvalue weighted by Gasteiger charge is -2.38. The highest BCUT2D eigenvalue weighted by Gasteiger charge is 2.43. The summed E-state index contributed by atoms with van der Waals surface area (Å²) in [5.74, 6) is 0.894. The fourth-order valence-corrected chi connectivity index (χ4v) is 4.76. The lowest BCUT2D eigenvalue weighted by Crippen LogP contribution is -2.56. The third-order valence-electron chi connectivity index (χ3n) is 6.81. The van der Waals surface area contributed by atoms with Gasteiger partial charge in [-0.3, -0.25) is 14.4 Å². The summed E-state index contributed by atoms with van der Waals surface area (Å²) >= 11 is 0. The van der Waals surface area contributed by atoms with Crippen LogP contribution < -0.4 is 15.4 Å². The van der Waals surface area contributed by atoms with Crippen LogP contribution in [0.4, 0.5) is 0 Å². The number of rotatable bonds is 3. The molecule has 3 amide bonds. The molecule has 7 nitrogen and oxygen atoms in total. The number of ether oxygens (including phenoxy) is 1. The van der Waals surface area contributed by atoms with Crippen LogP contribution in [0.2, 0.25) is 0 Å². The number of nitrogens with zero attached hydrogens (tertiary/aromatic N) is 1. The van der Waals surface area contributed by atoms with Gasteiger partial charge >= 0.3 is 0 Å². The number of fused-ring (bicyclic) bond motifs is 1. The Labute approximate surface area is 177 Å². The van der Waals surface area contributed by atoms with Gasteiger partial charge in [-0.25, -0.2) is 0 Å². The van der Waals surface area contributed by atoms with E-state index in [-0.39, 0.29) is 30.2 Å². The van der Waals surface area contributed by atoms with E-state index in [0.29, 0.717) is 30.7 Å². The van der Waals surface area contributed by atoms with Crippen LogP contribution in [0.25, 0.3) is 0 Å². The Kier molecular flexibility index (Phi) is 5.71. The van der Waals surface area contributed by atoms with Crippen LogP contribution in [0.1, 0.15) is 69.2 Å². The number of hydrogen-bond donors (Lipinski definition) is 2. The minimum Gasteiger partial charge on any atom is -0.467 e. The molecule has 0 radical (unpaired) electrons. The monoisotopic (exact) mass is 413 g/mol. The van der Waals surface area contributed by atoms with Gasteiger partial charge in [0.1, 0.15) is 11.8 Å². The van der Waals surface area contributed by atoms with Crippen molar-refractivity contribution in [3.63, 3.8) is 0 Å². The van der Waals surface area contributed by atoms with E-state index in [1.807, 2.05) is 6.07 Å². The molecule has 1 saturated heterocycles. The van der Waals surface area contributed by atoms with E-state index in [4.69, 9.17) is 4.74 Å². The molecule has 0 aromatic heterocycles. The Bertz CT molecular complexity index is 833. The molecule has 1 spiro atoms. The predicted molar refractivity (Wildman–Crippen MR) is 112 cm³/mol. The summed E-state index contributed by atoms with van der Waals surface area (Å²) in [6.45, 7) is 4.39. The smallest absolute Gasteiger partial charge is 0.258 e. The maximum Gasteiger partial charge on any atom is 0.258 e. The molecule has 2 atom stereocenters. The van der Waals surface area contributed by atoms with Crippen LogP contribution >= 0.6 is 0 Å². The number of likely N-dealkylation sites (tertiary alicyclic amines) is 1. The van der Waals surface area contributed by atoms with E-state index in [0.717, 1.165) is 31.6 Å². The highest BCUT2D eigenvalue weighted by Crippen LogP contribution is 2.34. The van der Waals surface area contributed by atoms with Gasteiger partial charge in [-0.15, -0.1) is 0 Å². The van der Waals surface area contributed by atoms with Gasteiger partial charge in [-0.2, -0.15) is 0 Å². The molecular formula is C23H31N3O4. The van der Waals surface area contributed by atoms with Crippen molar-refractivity contribution in [1.82, 2.24) is 15.5 Å². The molecule has 2 heterocycles. The van der Waals surface area contributed by atoms with E-state index < -0.39 is 11.8 Å². The quantitative estimate of drug-likeness (QED) is 0.797. The van der Waals surface area contributed by atoms with Crippen LogP contribution in [0.3, 0.4) is 0 Å². The summed E-state index contributed by atoms with van der Waals surface area (Å²) in [6, 6.07) is 6.79. The standard InChI is InChI=1S/C23H31N3O4/c1-15-7-9-17(10-8-15)24-21(28)16(2)26-14-13-23(12-11-20(26)27)25-22(29)18-5-3-4-6-19(18)30-23/h3-6,15-17H,7-14H2,1-2H3,(H,24,28)(H,25,29)/t15?,16-,17?,23-/m1/s1. The average molecular weight is 414 g/mol. The van der Waals surface area contributed by atoms with Gasteiger partial charge in [0.2, 0.25) is 11.8 Å². The first kappa shape index (κ1) is 20.7. The molecule has 0 bridgehead atoms. The molecule has 1 aromatic carbocycles. The Morgan fingerprint density at radius 3 is 2.70 bits per heavy atom. The van der Waals surface area contributed by atoms with Gasteiger partial charge in [-0.1, -0.05) is 19.1 Å². The van der Waals surface area contributed by atoms with Crippen molar-refractivity contribution in [3.8, 4) is 5.75 Å². The lowest BCUT2D eigenvalue weighted by atomic mass is 9.87. The van der Waals surface area contributed by atoms with Crippen molar-refractivity contribution in [1.29, 1.82) is 0 Å². The van der Waals surface area contributed by atoms with Gasteiger partial charge in [0.05, 0.1) is 5.56 Å². The van der Waals surface area contributed by atoms with Crippen LogP contribution in [0, 0.1) is 5.92 Å². The molecule has 3 aliphatic rings. The second kappa shape index (κ2) is 8.28. The molecular weight excluding hydrogens is 382 g/mol. The maximum atomic E-state index is 12.8. The second-order valence-corrected chi connectivity index (χ2v) is 9.03. The number of hydrogen-bond acceptors (Lipinski definition) is 4. The molecule has 2 fully saturated rings. The third-order valence-corrected chi connectivity index (χ3v) is 6.81. The zero-order valence-electron chi connectivity index (χ0n) is 17.8. The van der Waals surface area contributed by atoms with E-state index in [1.165, 1.54) is 0 Å². The Hall–Kier alpha value is -2.57. The molecule has 4 rings (SSSR count). The molecule has 1 aliphatic carbocycles. The first-order valence-electron chi connectivity index (χ1n) is 11.1. The summed E-state index contributed by atoms with van der Waals surface area (Å²) in [4.78, 5) is 39.9. The van der Waals surface area contributed by atoms with Crippen LogP contribution in [0.15, 0.2) is 24.3 Å². The normalized spacial score (nSPS) is 30.0. The zero-order chi connectivity index (χ0) is 21.3. The Morgan fingerprint density at radius 1 is 1.20 bits per heavy atom. The van der Waals surface area contributed by atoms with Crippen molar-refractivity contribution in [2.45, 2.75) is 76.6 Å². The number of benzene rings is 1. The molecule has 7 heteroatoms. The van der Waals surface area contributed by atoms with Crippen molar-refractivity contribution in [3.05, 3.63) is 29.8 Å². The van der Waals surface area contributed by atoms with Crippen LogP contribution in [-0.4, -0.2) is 47.0 Å². The van der Waals surface area contributed by atoms with Crippen LogP contribution in [-0.2, 0) is 9.59 Å². The molecule has 2 N–H and O–H groups in total. The van der Waals surface area contributed by atoms with Crippen molar-refractivity contribution >= 4 is 17.7 Å². The highest BCUT2D eigenvalue weighted by molar-refractivity contribution is 5.98. The summed E-state index contributed by atoms with van der Waals surface area (Å²) in [7, 11) is 0. The minimum absolute atomic E-state index is 0.0801. The topological polar surface area (TPSA) is 87.7 Å². The Morgan fingerprint density at radius 2 is 1.93 bits per heavy atom. The third kappa shape index (κ3) is 4.16.